The quantitative estimate of drug-likeness (QED) is 0.607. The van der Waals surface area contributed by atoms with Crippen molar-refractivity contribution < 1.29 is 14.5 Å². The molecule has 2 saturated carbocycles. The summed E-state index contributed by atoms with van der Waals surface area (Å²) in [4.78, 5) is 23.6. The van der Waals surface area contributed by atoms with Crippen molar-refractivity contribution in [2.45, 2.75) is 51.4 Å². The highest BCUT2D eigenvalue weighted by atomic mass is 16.6. The van der Waals surface area contributed by atoms with Gasteiger partial charge in [0.1, 0.15) is 5.78 Å². The fraction of sp³-hybridized carbons (Fsp3) is 0.632. The lowest BCUT2D eigenvalue weighted by Gasteiger charge is -2.48. The summed E-state index contributed by atoms with van der Waals surface area (Å²) in [6, 6.07) is 3.77. The van der Waals surface area contributed by atoms with Gasteiger partial charge in [0.15, 0.2) is 5.75 Å². The van der Waals surface area contributed by atoms with Gasteiger partial charge in [0.05, 0.1) is 12.0 Å². The van der Waals surface area contributed by atoms with E-state index in [0.717, 1.165) is 36.8 Å². The molecule has 1 aromatic rings. The number of nitro groups is 1. The maximum absolute atomic E-state index is 12.4. The first-order valence-electron chi connectivity index (χ1n) is 8.85. The van der Waals surface area contributed by atoms with Crippen LogP contribution in [0, 0.1) is 27.4 Å². The van der Waals surface area contributed by atoms with E-state index < -0.39 is 0 Å². The molecular formula is C19H23NO4. The van der Waals surface area contributed by atoms with Gasteiger partial charge in [-0.1, -0.05) is 13.0 Å². The minimum absolute atomic E-state index is 0.143. The maximum Gasteiger partial charge on any atom is 0.314 e. The molecule has 4 rings (SSSR count). The lowest BCUT2D eigenvalue weighted by Crippen LogP contribution is -2.42. The van der Waals surface area contributed by atoms with E-state index in [9.17, 15) is 14.9 Å². The van der Waals surface area contributed by atoms with Crippen molar-refractivity contribution in [1.29, 1.82) is 0 Å². The Kier molecular flexibility index (Phi) is 3.44. The monoisotopic (exact) mass is 329 g/mol. The van der Waals surface area contributed by atoms with Gasteiger partial charge < -0.3 is 4.74 Å². The molecular weight excluding hydrogens is 306 g/mol. The van der Waals surface area contributed by atoms with Crippen molar-refractivity contribution in [3.8, 4) is 5.75 Å². The summed E-state index contributed by atoms with van der Waals surface area (Å²) in [6.45, 7) is 2.15. The Morgan fingerprint density at radius 3 is 2.75 bits per heavy atom. The third-order valence-corrected chi connectivity index (χ3v) is 6.96. The molecule has 4 atom stereocenters. The number of carbonyl (C=O) groups excluding carboxylic acids is 1. The minimum atomic E-state index is -0.302. The fourth-order valence-electron chi connectivity index (χ4n) is 5.76. The number of hydrogen-bond donors (Lipinski definition) is 0. The normalized spacial score (nSPS) is 34.2. The second-order valence-electron chi connectivity index (χ2n) is 7.77. The highest BCUT2D eigenvalue weighted by molar-refractivity contribution is 5.87. The van der Waals surface area contributed by atoms with Crippen LogP contribution >= 0.6 is 0 Å². The molecule has 0 bridgehead atoms. The molecule has 0 aliphatic heterocycles. The molecule has 0 amide bonds. The number of ketones is 1. The van der Waals surface area contributed by atoms with Gasteiger partial charge in [-0.05, 0) is 61.5 Å². The molecule has 0 spiro atoms. The third-order valence-electron chi connectivity index (χ3n) is 6.96. The first kappa shape index (κ1) is 15.6. The van der Waals surface area contributed by atoms with Crippen molar-refractivity contribution in [2.75, 3.05) is 7.11 Å². The molecule has 128 valence electrons. The van der Waals surface area contributed by atoms with E-state index in [2.05, 4.69) is 6.92 Å². The van der Waals surface area contributed by atoms with Crippen LogP contribution < -0.4 is 4.74 Å². The van der Waals surface area contributed by atoms with E-state index >= 15 is 0 Å². The molecule has 1 aromatic carbocycles. The van der Waals surface area contributed by atoms with Crippen molar-refractivity contribution in [3.63, 3.8) is 0 Å². The van der Waals surface area contributed by atoms with Crippen molar-refractivity contribution >= 4 is 11.5 Å². The molecule has 0 radical (unpaired) electrons. The van der Waals surface area contributed by atoms with Gasteiger partial charge in [-0.15, -0.1) is 0 Å². The highest BCUT2D eigenvalue weighted by Gasteiger charge is 2.55. The van der Waals surface area contributed by atoms with Crippen molar-refractivity contribution in [2.24, 2.45) is 17.3 Å². The Morgan fingerprint density at radius 1 is 1.25 bits per heavy atom. The zero-order valence-corrected chi connectivity index (χ0v) is 14.2. The number of hydrogen-bond acceptors (Lipinski definition) is 4. The van der Waals surface area contributed by atoms with E-state index in [4.69, 9.17) is 4.74 Å². The second kappa shape index (κ2) is 5.30. The van der Waals surface area contributed by atoms with E-state index in [0.29, 0.717) is 42.1 Å². The van der Waals surface area contributed by atoms with Crippen LogP contribution in [-0.4, -0.2) is 17.8 Å². The molecule has 3 aliphatic rings. The topological polar surface area (TPSA) is 69.4 Å². The number of carbonyl (C=O) groups is 1. The summed E-state index contributed by atoms with van der Waals surface area (Å²) >= 11 is 0. The summed E-state index contributed by atoms with van der Waals surface area (Å²) in [6.07, 6.45) is 5.23. The minimum Gasteiger partial charge on any atom is -0.490 e. The Bertz CT molecular complexity index is 728. The van der Waals surface area contributed by atoms with Gasteiger partial charge in [0.25, 0.3) is 0 Å². The van der Waals surface area contributed by atoms with Crippen LogP contribution in [0.3, 0.4) is 0 Å². The van der Waals surface area contributed by atoms with Crippen LogP contribution in [0.4, 0.5) is 5.69 Å². The predicted molar refractivity (Wildman–Crippen MR) is 89.3 cm³/mol. The molecule has 3 unspecified atom stereocenters. The number of nitro benzene ring substituents is 1. The van der Waals surface area contributed by atoms with Crippen LogP contribution in [0.1, 0.15) is 56.1 Å². The Morgan fingerprint density at radius 2 is 2.04 bits per heavy atom. The van der Waals surface area contributed by atoms with Gasteiger partial charge in [-0.2, -0.15) is 0 Å². The average Bonchev–Trinajstić information content (AvgIpc) is 2.88. The SMILES string of the molecule is COc1ccc2c(c1[N+](=O)[O-])CCC1C2CC[C@]2(C)C(=O)CCC12. The van der Waals surface area contributed by atoms with E-state index in [1.807, 2.05) is 6.07 Å². The number of nitrogens with zero attached hydrogens (tertiary/aromatic N) is 1. The molecule has 5 nitrogen and oxygen atoms in total. The van der Waals surface area contributed by atoms with Crippen LogP contribution in [0.5, 0.6) is 5.75 Å². The summed E-state index contributed by atoms with van der Waals surface area (Å²) in [7, 11) is 1.48. The maximum atomic E-state index is 12.4. The van der Waals surface area contributed by atoms with E-state index in [-0.39, 0.29) is 16.0 Å². The largest absolute Gasteiger partial charge is 0.490 e. The fourth-order valence-corrected chi connectivity index (χ4v) is 5.76. The summed E-state index contributed by atoms with van der Waals surface area (Å²) in [5.41, 5.74) is 1.97. The smallest absolute Gasteiger partial charge is 0.314 e. The van der Waals surface area contributed by atoms with Crippen molar-refractivity contribution in [3.05, 3.63) is 33.4 Å². The van der Waals surface area contributed by atoms with Gasteiger partial charge in [-0.3, -0.25) is 14.9 Å². The summed E-state index contributed by atoms with van der Waals surface area (Å²) in [5, 5.41) is 11.6. The average molecular weight is 329 g/mol. The number of Topliss-reactive ketones (excluding diaryl/α,β-unsaturated/α-hetero) is 1. The summed E-state index contributed by atoms with van der Waals surface area (Å²) in [5.74, 6) is 2.06. The molecule has 0 aromatic heterocycles. The van der Waals surface area contributed by atoms with Gasteiger partial charge >= 0.3 is 5.69 Å². The van der Waals surface area contributed by atoms with Crippen LogP contribution in [0.15, 0.2) is 12.1 Å². The molecule has 0 N–H and O–H groups in total. The lowest BCUT2D eigenvalue weighted by molar-refractivity contribution is -0.386. The first-order chi connectivity index (χ1) is 11.5. The Balaban J connectivity index is 1.77. The van der Waals surface area contributed by atoms with Crippen LogP contribution in [0.2, 0.25) is 0 Å². The van der Waals surface area contributed by atoms with E-state index in [1.54, 1.807) is 6.07 Å². The number of benzene rings is 1. The predicted octanol–water partition coefficient (Wildman–Crippen LogP) is 4.03. The zero-order valence-electron chi connectivity index (χ0n) is 14.2. The Hall–Kier alpha value is -1.91. The molecule has 3 aliphatic carbocycles. The van der Waals surface area contributed by atoms with Crippen molar-refractivity contribution in [1.82, 2.24) is 0 Å². The van der Waals surface area contributed by atoms with Gasteiger partial charge in [-0.25, -0.2) is 0 Å². The number of fused-ring (bicyclic) bond motifs is 5. The highest BCUT2D eigenvalue weighted by Crippen LogP contribution is 2.60. The Labute approximate surface area is 141 Å². The second-order valence-corrected chi connectivity index (χ2v) is 7.77. The first-order valence-corrected chi connectivity index (χ1v) is 8.85. The molecule has 2 fully saturated rings. The summed E-state index contributed by atoms with van der Waals surface area (Å²) < 4.78 is 5.22. The standard InChI is InChI=1S/C19H23NO4/c1-19-10-9-12-11-5-7-16(24-2)18(20(22)23)14(11)4-3-13(12)15(19)6-8-17(19)21/h5,7,12-13,15H,3-4,6,8-10H2,1-2H3/t12?,13?,15?,19-/m0/s1. The zero-order chi connectivity index (χ0) is 17.1. The molecule has 5 heteroatoms. The molecule has 0 heterocycles. The third kappa shape index (κ3) is 1.96. The van der Waals surface area contributed by atoms with Gasteiger partial charge in [0, 0.05) is 17.4 Å². The number of methoxy groups -OCH3 is 1. The van der Waals surface area contributed by atoms with Gasteiger partial charge in [0.2, 0.25) is 0 Å². The van der Waals surface area contributed by atoms with Crippen LogP contribution in [-0.2, 0) is 11.2 Å². The molecule has 24 heavy (non-hydrogen) atoms. The van der Waals surface area contributed by atoms with E-state index in [1.165, 1.54) is 7.11 Å². The number of rotatable bonds is 2. The lowest BCUT2D eigenvalue weighted by atomic mass is 9.55. The molecule has 0 saturated heterocycles. The van der Waals surface area contributed by atoms with Crippen LogP contribution in [0.25, 0.3) is 0 Å². The number of ether oxygens (including phenoxy) is 1.